The SMILES string of the molecule is CC1CCN(C(=O)c2ccc(C#N)c(O)c2)C(C(N)=O)C1. The summed E-state index contributed by atoms with van der Waals surface area (Å²) in [5.41, 5.74) is 5.73. The molecule has 1 aromatic rings. The third-order valence-corrected chi connectivity index (χ3v) is 3.82. The summed E-state index contributed by atoms with van der Waals surface area (Å²) in [7, 11) is 0. The van der Waals surface area contributed by atoms with Gasteiger partial charge in [0.1, 0.15) is 17.9 Å². The number of aromatic hydroxyl groups is 1. The lowest BCUT2D eigenvalue weighted by Crippen LogP contribution is -2.52. The number of primary amides is 1. The largest absolute Gasteiger partial charge is 0.507 e. The van der Waals surface area contributed by atoms with Crippen LogP contribution >= 0.6 is 0 Å². The number of nitrogens with two attached hydrogens (primary N) is 1. The van der Waals surface area contributed by atoms with Gasteiger partial charge in [0.2, 0.25) is 5.91 Å². The summed E-state index contributed by atoms with van der Waals surface area (Å²) in [5.74, 6) is -0.788. The molecule has 2 amide bonds. The van der Waals surface area contributed by atoms with E-state index in [1.165, 1.54) is 23.1 Å². The Morgan fingerprint density at radius 1 is 1.48 bits per heavy atom. The number of carbonyl (C=O) groups is 2. The molecular formula is C15H17N3O3. The summed E-state index contributed by atoms with van der Waals surface area (Å²) in [6.07, 6.45) is 1.35. The van der Waals surface area contributed by atoms with Gasteiger partial charge in [-0.05, 0) is 37.0 Å². The monoisotopic (exact) mass is 287 g/mol. The van der Waals surface area contributed by atoms with Crippen molar-refractivity contribution >= 4 is 11.8 Å². The standard InChI is InChI=1S/C15H17N3O3/c1-9-4-5-18(12(6-9)14(17)20)15(21)10-2-3-11(8-16)13(19)7-10/h2-3,7,9,12,19H,4-6H2,1H3,(H2,17,20). The molecule has 2 rings (SSSR count). The highest BCUT2D eigenvalue weighted by Gasteiger charge is 2.34. The van der Waals surface area contributed by atoms with Crippen LogP contribution in [0.4, 0.5) is 0 Å². The Morgan fingerprint density at radius 3 is 2.76 bits per heavy atom. The van der Waals surface area contributed by atoms with Crippen LogP contribution in [0.3, 0.4) is 0 Å². The van der Waals surface area contributed by atoms with Crippen molar-refractivity contribution in [2.24, 2.45) is 11.7 Å². The van der Waals surface area contributed by atoms with Gasteiger partial charge >= 0.3 is 0 Å². The molecule has 6 heteroatoms. The van der Waals surface area contributed by atoms with E-state index in [0.717, 1.165) is 6.42 Å². The quantitative estimate of drug-likeness (QED) is 0.845. The van der Waals surface area contributed by atoms with Crippen molar-refractivity contribution in [3.8, 4) is 11.8 Å². The molecule has 0 radical (unpaired) electrons. The second kappa shape index (κ2) is 5.83. The first-order chi connectivity index (χ1) is 9.93. The Balaban J connectivity index is 2.28. The molecule has 1 heterocycles. The van der Waals surface area contributed by atoms with Crippen LogP contribution in [0.5, 0.6) is 5.75 Å². The highest BCUT2D eigenvalue weighted by atomic mass is 16.3. The van der Waals surface area contributed by atoms with Crippen molar-refractivity contribution in [1.29, 1.82) is 5.26 Å². The molecular weight excluding hydrogens is 270 g/mol. The third-order valence-electron chi connectivity index (χ3n) is 3.82. The highest BCUT2D eigenvalue weighted by Crippen LogP contribution is 2.25. The Morgan fingerprint density at radius 2 is 2.19 bits per heavy atom. The van der Waals surface area contributed by atoms with E-state index in [2.05, 4.69) is 0 Å². The number of phenols is 1. The van der Waals surface area contributed by atoms with Gasteiger partial charge in [-0.3, -0.25) is 9.59 Å². The van der Waals surface area contributed by atoms with Crippen molar-refractivity contribution in [2.45, 2.75) is 25.8 Å². The molecule has 3 N–H and O–H groups in total. The van der Waals surface area contributed by atoms with Crippen molar-refractivity contribution in [3.63, 3.8) is 0 Å². The summed E-state index contributed by atoms with van der Waals surface area (Å²) in [4.78, 5) is 25.5. The van der Waals surface area contributed by atoms with Crippen molar-refractivity contribution in [2.75, 3.05) is 6.54 Å². The topological polar surface area (TPSA) is 107 Å². The molecule has 1 saturated heterocycles. The van der Waals surface area contributed by atoms with Gasteiger partial charge in [0, 0.05) is 12.1 Å². The molecule has 2 atom stereocenters. The molecule has 1 aromatic carbocycles. The molecule has 1 aliphatic rings. The Hall–Kier alpha value is -2.55. The minimum Gasteiger partial charge on any atom is -0.507 e. The maximum atomic E-state index is 12.5. The molecule has 0 saturated carbocycles. The smallest absolute Gasteiger partial charge is 0.254 e. The van der Waals surface area contributed by atoms with Crippen LogP contribution in [-0.2, 0) is 4.79 Å². The van der Waals surface area contributed by atoms with Gasteiger partial charge in [0.25, 0.3) is 5.91 Å². The Labute approximate surface area is 122 Å². The average Bonchev–Trinajstić information content (AvgIpc) is 2.46. The predicted molar refractivity (Wildman–Crippen MR) is 75.2 cm³/mol. The lowest BCUT2D eigenvalue weighted by molar-refractivity contribution is -0.124. The van der Waals surface area contributed by atoms with Crippen LogP contribution in [0.1, 0.15) is 35.7 Å². The Kier molecular flexibility index (Phi) is 4.13. The van der Waals surface area contributed by atoms with E-state index in [1.807, 2.05) is 13.0 Å². The lowest BCUT2D eigenvalue weighted by atomic mass is 9.91. The van der Waals surface area contributed by atoms with E-state index < -0.39 is 11.9 Å². The number of hydrogen-bond donors (Lipinski definition) is 2. The van der Waals surface area contributed by atoms with Crippen LogP contribution in [0.15, 0.2) is 18.2 Å². The number of nitrogens with zero attached hydrogens (tertiary/aromatic N) is 2. The normalized spacial score (nSPS) is 21.6. The van der Waals surface area contributed by atoms with Crippen LogP contribution in [-0.4, -0.2) is 34.4 Å². The third kappa shape index (κ3) is 2.97. The number of amides is 2. The van der Waals surface area contributed by atoms with E-state index in [1.54, 1.807) is 0 Å². The van der Waals surface area contributed by atoms with Crippen LogP contribution in [0.2, 0.25) is 0 Å². The average molecular weight is 287 g/mol. The zero-order valence-corrected chi connectivity index (χ0v) is 11.7. The fourth-order valence-corrected chi connectivity index (χ4v) is 2.58. The summed E-state index contributed by atoms with van der Waals surface area (Å²) in [6.45, 7) is 2.47. The van der Waals surface area contributed by atoms with Gasteiger partial charge in [-0.25, -0.2) is 0 Å². The van der Waals surface area contributed by atoms with Gasteiger partial charge in [-0.1, -0.05) is 6.92 Å². The number of likely N-dealkylation sites (tertiary alicyclic amines) is 1. The van der Waals surface area contributed by atoms with Crippen LogP contribution in [0, 0.1) is 17.2 Å². The van der Waals surface area contributed by atoms with E-state index in [4.69, 9.17) is 11.0 Å². The summed E-state index contributed by atoms with van der Waals surface area (Å²) >= 11 is 0. The zero-order chi connectivity index (χ0) is 15.6. The summed E-state index contributed by atoms with van der Waals surface area (Å²) in [5, 5.41) is 18.4. The van der Waals surface area contributed by atoms with E-state index in [-0.39, 0.29) is 22.8 Å². The minimum absolute atomic E-state index is 0.102. The van der Waals surface area contributed by atoms with E-state index >= 15 is 0 Å². The molecule has 1 aliphatic heterocycles. The first-order valence-corrected chi connectivity index (χ1v) is 6.77. The number of hydrogen-bond acceptors (Lipinski definition) is 4. The second-order valence-corrected chi connectivity index (χ2v) is 5.39. The predicted octanol–water partition coefficient (Wildman–Crippen LogP) is 0.990. The van der Waals surface area contributed by atoms with Gasteiger partial charge in [0.15, 0.2) is 0 Å². The fraction of sp³-hybridized carbons (Fsp3) is 0.400. The number of phenolic OH excluding ortho intramolecular Hbond substituents is 1. The molecule has 2 unspecified atom stereocenters. The fourth-order valence-electron chi connectivity index (χ4n) is 2.58. The van der Waals surface area contributed by atoms with Crippen LogP contribution < -0.4 is 5.73 Å². The maximum absolute atomic E-state index is 12.5. The first-order valence-electron chi connectivity index (χ1n) is 6.77. The lowest BCUT2D eigenvalue weighted by Gasteiger charge is -2.36. The summed E-state index contributed by atoms with van der Waals surface area (Å²) < 4.78 is 0. The van der Waals surface area contributed by atoms with Gasteiger partial charge in [-0.2, -0.15) is 5.26 Å². The second-order valence-electron chi connectivity index (χ2n) is 5.39. The molecule has 110 valence electrons. The molecule has 6 nitrogen and oxygen atoms in total. The number of carbonyl (C=O) groups excluding carboxylic acids is 2. The van der Waals surface area contributed by atoms with Gasteiger partial charge < -0.3 is 15.7 Å². The van der Waals surface area contributed by atoms with E-state index in [9.17, 15) is 14.7 Å². The van der Waals surface area contributed by atoms with Gasteiger partial charge in [-0.15, -0.1) is 0 Å². The number of benzene rings is 1. The molecule has 1 fully saturated rings. The number of piperidine rings is 1. The maximum Gasteiger partial charge on any atom is 0.254 e. The van der Waals surface area contributed by atoms with Gasteiger partial charge in [0.05, 0.1) is 5.56 Å². The number of nitriles is 1. The van der Waals surface area contributed by atoms with Crippen LogP contribution in [0.25, 0.3) is 0 Å². The first kappa shape index (κ1) is 14.9. The zero-order valence-electron chi connectivity index (χ0n) is 11.7. The van der Waals surface area contributed by atoms with Crippen molar-refractivity contribution < 1.29 is 14.7 Å². The highest BCUT2D eigenvalue weighted by molar-refractivity contribution is 5.98. The molecule has 0 spiro atoms. The molecule has 0 aromatic heterocycles. The minimum atomic E-state index is -0.626. The number of rotatable bonds is 2. The Bertz CT molecular complexity index is 621. The van der Waals surface area contributed by atoms with Crippen molar-refractivity contribution in [1.82, 2.24) is 4.90 Å². The molecule has 0 bridgehead atoms. The summed E-state index contributed by atoms with van der Waals surface area (Å²) in [6, 6.07) is 5.30. The van der Waals surface area contributed by atoms with Crippen molar-refractivity contribution in [3.05, 3.63) is 29.3 Å². The molecule has 21 heavy (non-hydrogen) atoms. The van der Waals surface area contributed by atoms with E-state index in [0.29, 0.717) is 18.9 Å². The molecule has 0 aliphatic carbocycles.